The van der Waals surface area contributed by atoms with Crippen LogP contribution in [0.5, 0.6) is 0 Å². The topological polar surface area (TPSA) is 84.5 Å². The number of hydrogen-bond acceptors (Lipinski definition) is 5. The predicted octanol–water partition coefficient (Wildman–Crippen LogP) is 4.28. The van der Waals surface area contributed by atoms with Gasteiger partial charge in [-0.15, -0.1) is 11.3 Å². The third kappa shape index (κ3) is 5.56. The molecule has 28 heavy (non-hydrogen) atoms. The van der Waals surface area contributed by atoms with Gasteiger partial charge < -0.3 is 15.4 Å². The fourth-order valence-electron chi connectivity index (χ4n) is 2.65. The van der Waals surface area contributed by atoms with E-state index in [0.29, 0.717) is 32.4 Å². The molecule has 0 spiro atoms. The molecule has 1 aromatic heterocycles. The highest BCUT2D eigenvalue weighted by Crippen LogP contribution is 2.28. The zero-order valence-electron chi connectivity index (χ0n) is 16.2. The van der Waals surface area contributed by atoms with E-state index in [2.05, 4.69) is 10.6 Å². The molecular weight excluding hydrogens is 400 g/mol. The number of halogens is 1. The largest absolute Gasteiger partial charge is 0.467 e. The Morgan fingerprint density at radius 1 is 1.18 bits per heavy atom. The molecule has 0 aliphatic carbocycles. The highest BCUT2D eigenvalue weighted by atomic mass is 35.5. The van der Waals surface area contributed by atoms with Crippen LogP contribution in [-0.4, -0.2) is 30.9 Å². The maximum absolute atomic E-state index is 12.7. The summed E-state index contributed by atoms with van der Waals surface area (Å²) >= 11 is 7.19. The fourth-order valence-corrected chi connectivity index (χ4v) is 3.84. The van der Waals surface area contributed by atoms with E-state index in [-0.39, 0.29) is 17.7 Å². The first-order valence-corrected chi connectivity index (χ1v) is 9.97. The lowest BCUT2D eigenvalue weighted by atomic mass is 10.0. The van der Waals surface area contributed by atoms with Crippen molar-refractivity contribution >= 4 is 45.7 Å². The van der Waals surface area contributed by atoms with E-state index in [0.717, 1.165) is 11.3 Å². The van der Waals surface area contributed by atoms with Gasteiger partial charge in [-0.05, 0) is 43.0 Å². The van der Waals surface area contributed by atoms with Crippen molar-refractivity contribution in [3.63, 3.8) is 0 Å². The third-order valence-electron chi connectivity index (χ3n) is 3.98. The molecule has 6 nitrogen and oxygen atoms in total. The Morgan fingerprint density at radius 2 is 1.86 bits per heavy atom. The Kier molecular flexibility index (Phi) is 7.60. The van der Waals surface area contributed by atoms with Crippen LogP contribution in [0.1, 0.15) is 45.9 Å². The third-order valence-corrected chi connectivity index (χ3v) is 5.46. The number of anilines is 1. The number of rotatable bonds is 7. The van der Waals surface area contributed by atoms with Crippen molar-refractivity contribution in [3.05, 3.63) is 51.4 Å². The molecule has 2 aromatic rings. The lowest BCUT2D eigenvalue weighted by Gasteiger charge is -2.18. The van der Waals surface area contributed by atoms with Gasteiger partial charge in [0.1, 0.15) is 6.04 Å². The summed E-state index contributed by atoms with van der Waals surface area (Å²) in [5.41, 5.74) is 1.05. The van der Waals surface area contributed by atoms with E-state index in [1.54, 1.807) is 37.3 Å². The molecule has 2 N–H and O–H groups in total. The standard InChI is InChI=1S/C20H23ClN2O4S/c1-11(2)9-15(20(26)27-4)22-19(25)17-12(3)10-16(28-17)23-18(24)13-7-5-6-8-14(13)21/h5-8,10-11,15H,9H2,1-4H3,(H,22,25)(H,23,24). The Labute approximate surface area is 173 Å². The SMILES string of the molecule is COC(=O)C(CC(C)C)NC(=O)c1sc(NC(=O)c2ccccc2Cl)cc1C. The second kappa shape index (κ2) is 9.71. The molecule has 0 aliphatic rings. The first kappa shape index (κ1) is 21.9. The molecule has 1 heterocycles. The number of nitrogens with one attached hydrogen (secondary N) is 2. The number of carbonyl (C=O) groups excluding carboxylic acids is 3. The van der Waals surface area contributed by atoms with Gasteiger partial charge in [-0.25, -0.2) is 4.79 Å². The van der Waals surface area contributed by atoms with Gasteiger partial charge in [0.05, 0.1) is 27.6 Å². The number of benzene rings is 1. The van der Waals surface area contributed by atoms with Crippen molar-refractivity contribution < 1.29 is 19.1 Å². The summed E-state index contributed by atoms with van der Waals surface area (Å²) in [5.74, 6) is -1.01. The molecule has 0 saturated carbocycles. The number of carbonyl (C=O) groups is 3. The van der Waals surface area contributed by atoms with Gasteiger partial charge in [-0.3, -0.25) is 9.59 Å². The molecule has 0 radical (unpaired) electrons. The van der Waals surface area contributed by atoms with Crippen LogP contribution in [0.15, 0.2) is 30.3 Å². The van der Waals surface area contributed by atoms with E-state index < -0.39 is 12.0 Å². The minimum atomic E-state index is -0.722. The lowest BCUT2D eigenvalue weighted by Crippen LogP contribution is -2.42. The van der Waals surface area contributed by atoms with Gasteiger partial charge in [0.25, 0.3) is 11.8 Å². The molecule has 0 bridgehead atoms. The second-order valence-electron chi connectivity index (χ2n) is 6.74. The van der Waals surface area contributed by atoms with E-state index in [9.17, 15) is 14.4 Å². The summed E-state index contributed by atoms with van der Waals surface area (Å²) in [4.78, 5) is 37.4. The number of aryl methyl sites for hydroxylation is 1. The number of esters is 1. The Morgan fingerprint density at radius 3 is 2.46 bits per heavy atom. The monoisotopic (exact) mass is 422 g/mol. The average molecular weight is 423 g/mol. The molecule has 2 rings (SSSR count). The number of methoxy groups -OCH3 is 1. The van der Waals surface area contributed by atoms with Gasteiger partial charge in [-0.1, -0.05) is 37.6 Å². The van der Waals surface area contributed by atoms with Crippen molar-refractivity contribution in [2.24, 2.45) is 5.92 Å². The maximum atomic E-state index is 12.7. The van der Waals surface area contributed by atoms with Crippen molar-refractivity contribution in [2.75, 3.05) is 12.4 Å². The highest BCUT2D eigenvalue weighted by Gasteiger charge is 2.25. The summed E-state index contributed by atoms with van der Waals surface area (Å²) < 4.78 is 4.78. The smallest absolute Gasteiger partial charge is 0.328 e. The van der Waals surface area contributed by atoms with Crippen molar-refractivity contribution in [1.82, 2.24) is 5.32 Å². The van der Waals surface area contributed by atoms with Crippen LogP contribution < -0.4 is 10.6 Å². The molecule has 0 fully saturated rings. The minimum Gasteiger partial charge on any atom is -0.467 e. The molecule has 1 unspecified atom stereocenters. The van der Waals surface area contributed by atoms with Gasteiger partial charge >= 0.3 is 5.97 Å². The number of ether oxygens (including phenoxy) is 1. The van der Waals surface area contributed by atoms with Crippen LogP contribution in [0.2, 0.25) is 5.02 Å². The average Bonchev–Trinajstić information content (AvgIpc) is 3.00. The van der Waals surface area contributed by atoms with E-state index in [1.807, 2.05) is 13.8 Å². The Bertz CT molecular complexity index is 879. The lowest BCUT2D eigenvalue weighted by molar-refractivity contribution is -0.143. The Hall–Kier alpha value is -2.38. The van der Waals surface area contributed by atoms with Crippen LogP contribution in [0, 0.1) is 12.8 Å². The van der Waals surface area contributed by atoms with Crippen molar-refractivity contribution in [1.29, 1.82) is 0 Å². The number of amides is 2. The molecule has 150 valence electrons. The highest BCUT2D eigenvalue weighted by molar-refractivity contribution is 7.18. The first-order chi connectivity index (χ1) is 13.2. The summed E-state index contributed by atoms with van der Waals surface area (Å²) in [6.07, 6.45) is 0.471. The van der Waals surface area contributed by atoms with Gasteiger partial charge in [0.15, 0.2) is 0 Å². The van der Waals surface area contributed by atoms with E-state index in [4.69, 9.17) is 16.3 Å². The maximum Gasteiger partial charge on any atom is 0.328 e. The van der Waals surface area contributed by atoms with Gasteiger partial charge in [0, 0.05) is 0 Å². The Balaban J connectivity index is 2.14. The normalized spacial score (nSPS) is 11.8. The minimum absolute atomic E-state index is 0.208. The van der Waals surface area contributed by atoms with E-state index in [1.165, 1.54) is 7.11 Å². The second-order valence-corrected chi connectivity index (χ2v) is 8.19. The number of hydrogen-bond donors (Lipinski definition) is 2. The summed E-state index contributed by atoms with van der Waals surface area (Å²) in [7, 11) is 1.29. The summed E-state index contributed by atoms with van der Waals surface area (Å²) in [5, 5.41) is 6.35. The van der Waals surface area contributed by atoms with Crippen molar-refractivity contribution in [3.8, 4) is 0 Å². The molecule has 8 heteroatoms. The molecule has 1 atom stereocenters. The molecule has 1 aromatic carbocycles. The molecule has 2 amide bonds. The summed E-state index contributed by atoms with van der Waals surface area (Å²) in [6.45, 7) is 5.69. The predicted molar refractivity (Wildman–Crippen MR) is 111 cm³/mol. The van der Waals surface area contributed by atoms with Crippen LogP contribution in [0.3, 0.4) is 0 Å². The van der Waals surface area contributed by atoms with Gasteiger partial charge in [0.2, 0.25) is 0 Å². The van der Waals surface area contributed by atoms with Crippen LogP contribution in [0.4, 0.5) is 5.00 Å². The summed E-state index contributed by atoms with van der Waals surface area (Å²) in [6, 6.07) is 7.71. The first-order valence-electron chi connectivity index (χ1n) is 8.78. The van der Waals surface area contributed by atoms with E-state index >= 15 is 0 Å². The van der Waals surface area contributed by atoms with Crippen LogP contribution >= 0.6 is 22.9 Å². The van der Waals surface area contributed by atoms with Crippen LogP contribution in [0.25, 0.3) is 0 Å². The molecule has 0 aliphatic heterocycles. The molecule has 0 saturated heterocycles. The fraction of sp³-hybridized carbons (Fsp3) is 0.350. The zero-order chi connectivity index (χ0) is 20.8. The van der Waals surface area contributed by atoms with Crippen LogP contribution in [-0.2, 0) is 9.53 Å². The quantitative estimate of drug-likeness (QED) is 0.652. The van der Waals surface area contributed by atoms with Gasteiger partial charge in [-0.2, -0.15) is 0 Å². The zero-order valence-corrected chi connectivity index (χ0v) is 17.7. The number of thiophene rings is 1. The van der Waals surface area contributed by atoms with Crippen molar-refractivity contribution in [2.45, 2.75) is 33.2 Å². The molecular formula is C20H23ClN2O4S.